The Kier molecular flexibility index (Phi) is 4.48. The van der Waals surface area contributed by atoms with E-state index in [0.29, 0.717) is 5.88 Å². The van der Waals surface area contributed by atoms with Gasteiger partial charge in [0.05, 0.1) is 7.11 Å². The highest BCUT2D eigenvalue weighted by atomic mass is 127. The number of hydrogen-bond donors (Lipinski definition) is 0. The van der Waals surface area contributed by atoms with Crippen LogP contribution in [-0.2, 0) is 6.42 Å². The van der Waals surface area contributed by atoms with Gasteiger partial charge in [0.25, 0.3) is 0 Å². The molecule has 0 radical (unpaired) electrons. The van der Waals surface area contributed by atoms with Crippen LogP contribution in [0.1, 0.15) is 12.5 Å². The Balaban J connectivity index is 2.58. The first-order valence-electron chi connectivity index (χ1n) is 4.31. The molecule has 0 saturated carbocycles. The molecule has 0 N–H and O–H groups in total. The van der Waals surface area contributed by atoms with E-state index in [-0.39, 0.29) is 0 Å². The first kappa shape index (κ1) is 10.8. The number of pyridine rings is 1. The lowest BCUT2D eigenvalue weighted by atomic mass is 10.1. The topological polar surface area (TPSA) is 22.1 Å². The van der Waals surface area contributed by atoms with Gasteiger partial charge in [0.2, 0.25) is 5.88 Å². The quantitative estimate of drug-likeness (QED) is 0.628. The summed E-state index contributed by atoms with van der Waals surface area (Å²) in [7, 11) is 1.63. The largest absolute Gasteiger partial charge is 0.481 e. The lowest BCUT2D eigenvalue weighted by Gasteiger charge is -2.07. The minimum absolute atomic E-state index is 0.686. The van der Waals surface area contributed by atoms with E-state index in [2.05, 4.69) is 40.6 Å². The average molecular weight is 291 g/mol. The predicted octanol–water partition coefficient (Wildman–Crippen LogP) is 2.70. The number of alkyl halides is 1. The summed E-state index contributed by atoms with van der Waals surface area (Å²) in [5.41, 5.74) is 1.28. The van der Waals surface area contributed by atoms with Crippen LogP contribution in [0, 0.1) is 5.92 Å². The first-order chi connectivity index (χ1) is 6.26. The normalized spacial score (nSPS) is 12.5. The fourth-order valence-corrected chi connectivity index (χ4v) is 1.42. The molecule has 0 saturated heterocycles. The van der Waals surface area contributed by atoms with Crippen molar-refractivity contribution < 1.29 is 4.74 Å². The minimum atomic E-state index is 0.686. The van der Waals surface area contributed by atoms with Crippen molar-refractivity contribution in [3.63, 3.8) is 0 Å². The van der Waals surface area contributed by atoms with Crippen molar-refractivity contribution in [2.24, 2.45) is 5.92 Å². The molecule has 0 bridgehead atoms. The molecule has 0 fully saturated rings. The second-order valence-corrected chi connectivity index (χ2v) is 4.05. The summed E-state index contributed by atoms with van der Waals surface area (Å²) in [6.07, 6.45) is 2.99. The van der Waals surface area contributed by atoms with Gasteiger partial charge < -0.3 is 4.74 Å². The number of aromatic nitrogens is 1. The third-order valence-corrected chi connectivity index (χ3v) is 3.36. The average Bonchev–Trinajstić information content (AvgIpc) is 2.19. The second kappa shape index (κ2) is 5.42. The van der Waals surface area contributed by atoms with Crippen LogP contribution >= 0.6 is 22.6 Å². The van der Waals surface area contributed by atoms with Gasteiger partial charge in [-0.15, -0.1) is 0 Å². The van der Waals surface area contributed by atoms with Crippen LogP contribution in [0.15, 0.2) is 18.3 Å². The number of ether oxygens (including phenoxy) is 1. The van der Waals surface area contributed by atoms with Crippen molar-refractivity contribution in [3.8, 4) is 5.88 Å². The Labute approximate surface area is 92.9 Å². The van der Waals surface area contributed by atoms with Crippen LogP contribution < -0.4 is 4.74 Å². The van der Waals surface area contributed by atoms with Crippen LogP contribution in [0.25, 0.3) is 0 Å². The van der Waals surface area contributed by atoms with E-state index in [9.17, 15) is 0 Å². The minimum Gasteiger partial charge on any atom is -0.481 e. The Bertz CT molecular complexity index is 248. The van der Waals surface area contributed by atoms with Gasteiger partial charge in [-0.25, -0.2) is 4.98 Å². The van der Waals surface area contributed by atoms with Gasteiger partial charge in [0.1, 0.15) is 0 Å². The van der Waals surface area contributed by atoms with Crippen LogP contribution in [0.5, 0.6) is 5.88 Å². The number of methoxy groups -OCH3 is 1. The highest BCUT2D eigenvalue weighted by molar-refractivity contribution is 14.1. The molecule has 1 rings (SSSR count). The third-order valence-electron chi connectivity index (χ3n) is 1.85. The van der Waals surface area contributed by atoms with Gasteiger partial charge in [-0.2, -0.15) is 0 Å². The van der Waals surface area contributed by atoms with Gasteiger partial charge in [-0.05, 0) is 17.9 Å². The zero-order valence-corrected chi connectivity index (χ0v) is 10.1. The van der Waals surface area contributed by atoms with Gasteiger partial charge in [-0.1, -0.05) is 35.6 Å². The van der Waals surface area contributed by atoms with Crippen molar-refractivity contribution >= 4 is 22.6 Å². The highest BCUT2D eigenvalue weighted by Gasteiger charge is 2.02. The molecule has 0 aliphatic rings. The first-order valence-corrected chi connectivity index (χ1v) is 5.83. The summed E-state index contributed by atoms with van der Waals surface area (Å²) < 4.78 is 6.17. The molecule has 1 aromatic heterocycles. The zero-order chi connectivity index (χ0) is 9.68. The maximum absolute atomic E-state index is 4.99. The lowest BCUT2D eigenvalue weighted by Crippen LogP contribution is -2.01. The van der Waals surface area contributed by atoms with Gasteiger partial charge >= 0.3 is 0 Å². The Morgan fingerprint density at radius 2 is 2.31 bits per heavy atom. The molecular weight excluding hydrogens is 277 g/mol. The lowest BCUT2D eigenvalue weighted by molar-refractivity contribution is 0.397. The van der Waals surface area contributed by atoms with E-state index in [1.54, 1.807) is 7.11 Å². The summed E-state index contributed by atoms with van der Waals surface area (Å²) in [6.45, 7) is 2.25. The fraction of sp³-hybridized carbons (Fsp3) is 0.500. The van der Waals surface area contributed by atoms with Crippen molar-refractivity contribution in [2.75, 3.05) is 11.5 Å². The molecule has 0 spiro atoms. The van der Waals surface area contributed by atoms with E-state index in [4.69, 9.17) is 4.74 Å². The molecule has 1 unspecified atom stereocenters. The number of hydrogen-bond acceptors (Lipinski definition) is 2. The Morgan fingerprint density at radius 3 is 2.77 bits per heavy atom. The third kappa shape index (κ3) is 3.50. The van der Waals surface area contributed by atoms with Crippen LogP contribution in [-0.4, -0.2) is 16.5 Å². The molecule has 1 atom stereocenters. The Hall–Kier alpha value is -0.320. The molecular formula is C10H14INO. The zero-order valence-electron chi connectivity index (χ0n) is 7.96. The monoisotopic (exact) mass is 291 g/mol. The van der Waals surface area contributed by atoms with E-state index in [0.717, 1.165) is 12.3 Å². The summed E-state index contributed by atoms with van der Waals surface area (Å²) in [4.78, 5) is 4.16. The number of halogens is 1. The van der Waals surface area contributed by atoms with Crippen molar-refractivity contribution in [1.29, 1.82) is 0 Å². The van der Waals surface area contributed by atoms with E-state index < -0.39 is 0 Å². The van der Waals surface area contributed by atoms with Crippen LogP contribution in [0.4, 0.5) is 0 Å². The molecule has 0 aliphatic heterocycles. The highest BCUT2D eigenvalue weighted by Crippen LogP contribution is 2.12. The molecule has 0 aromatic carbocycles. The molecule has 0 amide bonds. The second-order valence-electron chi connectivity index (χ2n) is 3.17. The summed E-state index contributed by atoms with van der Waals surface area (Å²) >= 11 is 2.41. The summed E-state index contributed by atoms with van der Waals surface area (Å²) in [5.74, 6) is 1.40. The smallest absolute Gasteiger partial charge is 0.212 e. The number of nitrogens with zero attached hydrogens (tertiary/aromatic N) is 1. The van der Waals surface area contributed by atoms with Crippen molar-refractivity contribution in [1.82, 2.24) is 4.98 Å². The SMILES string of the molecule is COc1ccc(CC(C)CI)cn1. The van der Waals surface area contributed by atoms with Crippen LogP contribution in [0.2, 0.25) is 0 Å². The maximum atomic E-state index is 4.99. The van der Waals surface area contributed by atoms with Gasteiger partial charge in [-0.3, -0.25) is 0 Å². The van der Waals surface area contributed by atoms with Gasteiger partial charge in [0.15, 0.2) is 0 Å². The molecule has 2 nitrogen and oxygen atoms in total. The van der Waals surface area contributed by atoms with Crippen LogP contribution in [0.3, 0.4) is 0 Å². The molecule has 1 aromatic rings. The Morgan fingerprint density at radius 1 is 1.54 bits per heavy atom. The summed E-state index contributed by atoms with van der Waals surface area (Å²) in [6, 6.07) is 3.99. The van der Waals surface area contributed by atoms with Crippen molar-refractivity contribution in [2.45, 2.75) is 13.3 Å². The maximum Gasteiger partial charge on any atom is 0.212 e. The molecule has 72 valence electrons. The standard InChI is InChI=1S/C10H14INO/c1-8(6-11)5-9-3-4-10(13-2)12-7-9/h3-4,7-8H,5-6H2,1-2H3. The fourth-order valence-electron chi connectivity index (χ4n) is 1.11. The van der Waals surface area contributed by atoms with Crippen molar-refractivity contribution in [3.05, 3.63) is 23.9 Å². The molecule has 13 heavy (non-hydrogen) atoms. The molecule has 1 heterocycles. The van der Waals surface area contributed by atoms with Gasteiger partial charge in [0, 0.05) is 16.7 Å². The predicted molar refractivity (Wildman–Crippen MR) is 62.5 cm³/mol. The van der Waals surface area contributed by atoms with E-state index in [1.165, 1.54) is 9.99 Å². The molecule has 0 aliphatic carbocycles. The molecule has 3 heteroatoms. The van der Waals surface area contributed by atoms with E-state index >= 15 is 0 Å². The summed E-state index contributed by atoms with van der Waals surface area (Å²) in [5, 5.41) is 0. The van der Waals surface area contributed by atoms with E-state index in [1.807, 2.05) is 12.3 Å². The number of rotatable bonds is 4.